The van der Waals surface area contributed by atoms with Crippen LogP contribution in [0.4, 0.5) is 13.2 Å². The molecule has 1 rings (SSSR count). The van der Waals surface area contributed by atoms with E-state index in [1.54, 1.807) is 6.92 Å². The van der Waals surface area contributed by atoms with Gasteiger partial charge in [-0.25, -0.2) is 0 Å². The van der Waals surface area contributed by atoms with Gasteiger partial charge in [0.2, 0.25) is 0 Å². The van der Waals surface area contributed by atoms with E-state index in [-0.39, 0.29) is 6.04 Å². The molecular weight excluding hydrogens is 205 g/mol. The highest BCUT2D eigenvalue weighted by atomic mass is 19.4. The van der Waals surface area contributed by atoms with Gasteiger partial charge in [0.15, 0.2) is 0 Å². The molecule has 5 heteroatoms. The zero-order valence-corrected chi connectivity index (χ0v) is 8.88. The summed E-state index contributed by atoms with van der Waals surface area (Å²) in [4.78, 5) is 3.31. The predicted molar refractivity (Wildman–Crippen MR) is 52.3 cm³/mol. The molecule has 1 saturated heterocycles. The van der Waals surface area contributed by atoms with E-state index in [0.29, 0.717) is 13.1 Å². The Labute approximate surface area is 88.0 Å². The van der Waals surface area contributed by atoms with Gasteiger partial charge in [0.05, 0.1) is 12.6 Å². The first kappa shape index (κ1) is 12.3. The van der Waals surface area contributed by atoms with E-state index in [0.717, 1.165) is 0 Å². The quantitative estimate of drug-likeness (QED) is 0.612. The number of alkyl halides is 3. The van der Waals surface area contributed by atoms with Crippen LogP contribution in [0.5, 0.6) is 0 Å². The standard InChI is InChI=1S/C10H15F3N2/c1-4-9-6-14(3)5-8(2)15(9)7-10(11,12)13/h1,8-9H,5-7H2,2-3H3/t8-,9+/m0/s1. The van der Waals surface area contributed by atoms with Crippen LogP contribution in [0.15, 0.2) is 0 Å². The molecule has 86 valence electrons. The van der Waals surface area contributed by atoms with Crippen molar-refractivity contribution in [2.24, 2.45) is 0 Å². The molecule has 0 radical (unpaired) electrons. The average Bonchev–Trinajstić information content (AvgIpc) is 2.07. The van der Waals surface area contributed by atoms with Crippen molar-refractivity contribution in [3.63, 3.8) is 0 Å². The molecule has 1 heterocycles. The van der Waals surface area contributed by atoms with Crippen LogP contribution in [-0.2, 0) is 0 Å². The monoisotopic (exact) mass is 220 g/mol. The zero-order valence-electron chi connectivity index (χ0n) is 8.88. The fourth-order valence-electron chi connectivity index (χ4n) is 1.96. The topological polar surface area (TPSA) is 6.48 Å². The van der Waals surface area contributed by atoms with Crippen molar-refractivity contribution in [1.29, 1.82) is 0 Å². The maximum atomic E-state index is 12.3. The van der Waals surface area contributed by atoms with Gasteiger partial charge in [0.25, 0.3) is 0 Å². The molecule has 0 aromatic heterocycles. The lowest BCUT2D eigenvalue weighted by molar-refractivity contribution is -0.158. The van der Waals surface area contributed by atoms with Crippen LogP contribution in [-0.4, -0.2) is 54.7 Å². The number of halogens is 3. The third-order valence-electron chi connectivity index (χ3n) is 2.58. The molecule has 0 saturated carbocycles. The normalized spacial score (nSPS) is 30.1. The third kappa shape index (κ3) is 3.40. The molecule has 1 fully saturated rings. The maximum absolute atomic E-state index is 12.3. The molecule has 0 N–H and O–H groups in total. The summed E-state index contributed by atoms with van der Waals surface area (Å²) < 4.78 is 36.9. The molecule has 0 aliphatic carbocycles. The Morgan fingerprint density at radius 3 is 2.47 bits per heavy atom. The van der Waals surface area contributed by atoms with Gasteiger partial charge in [-0.1, -0.05) is 5.92 Å². The van der Waals surface area contributed by atoms with E-state index in [4.69, 9.17) is 6.42 Å². The number of terminal acetylenes is 1. The Bertz CT molecular complexity index is 256. The highest BCUT2D eigenvalue weighted by Crippen LogP contribution is 2.22. The van der Waals surface area contributed by atoms with Crippen LogP contribution in [0.1, 0.15) is 6.92 Å². The first-order valence-corrected chi connectivity index (χ1v) is 4.80. The lowest BCUT2D eigenvalue weighted by Crippen LogP contribution is -2.58. The van der Waals surface area contributed by atoms with Crippen LogP contribution in [0, 0.1) is 12.3 Å². The van der Waals surface area contributed by atoms with E-state index in [1.165, 1.54) is 4.90 Å². The van der Waals surface area contributed by atoms with E-state index in [9.17, 15) is 13.2 Å². The molecule has 2 nitrogen and oxygen atoms in total. The highest BCUT2D eigenvalue weighted by molar-refractivity contribution is 5.05. The summed E-state index contributed by atoms with van der Waals surface area (Å²) in [5.74, 6) is 2.42. The van der Waals surface area contributed by atoms with Crippen LogP contribution in [0.25, 0.3) is 0 Å². The summed E-state index contributed by atoms with van der Waals surface area (Å²) in [6, 6.07) is -0.605. The van der Waals surface area contributed by atoms with E-state index >= 15 is 0 Å². The molecule has 0 aromatic carbocycles. The van der Waals surface area contributed by atoms with Crippen LogP contribution < -0.4 is 0 Å². The lowest BCUT2D eigenvalue weighted by atomic mass is 10.1. The first-order chi connectivity index (χ1) is 6.83. The summed E-state index contributed by atoms with van der Waals surface area (Å²) in [6.45, 7) is 1.97. The second-order valence-electron chi connectivity index (χ2n) is 4.04. The molecule has 2 atom stereocenters. The largest absolute Gasteiger partial charge is 0.401 e. The Balaban J connectivity index is 2.71. The number of nitrogens with zero attached hydrogens (tertiary/aromatic N) is 2. The average molecular weight is 220 g/mol. The minimum atomic E-state index is -4.18. The molecular formula is C10H15F3N2. The zero-order chi connectivity index (χ0) is 11.6. The van der Waals surface area contributed by atoms with E-state index in [2.05, 4.69) is 5.92 Å². The molecule has 0 bridgehead atoms. The minimum absolute atomic E-state index is 0.161. The van der Waals surface area contributed by atoms with Gasteiger partial charge in [-0.05, 0) is 14.0 Å². The van der Waals surface area contributed by atoms with Crippen molar-refractivity contribution >= 4 is 0 Å². The van der Waals surface area contributed by atoms with Crippen molar-refractivity contribution in [2.45, 2.75) is 25.2 Å². The van der Waals surface area contributed by atoms with Gasteiger partial charge >= 0.3 is 6.18 Å². The maximum Gasteiger partial charge on any atom is 0.401 e. The summed E-state index contributed by atoms with van der Waals surface area (Å²) in [5, 5.41) is 0. The van der Waals surface area contributed by atoms with Crippen LogP contribution in [0.2, 0.25) is 0 Å². The number of hydrogen-bond donors (Lipinski definition) is 0. The van der Waals surface area contributed by atoms with Crippen molar-refractivity contribution in [3.05, 3.63) is 0 Å². The molecule has 0 amide bonds. The molecule has 0 unspecified atom stereocenters. The Hall–Kier alpha value is -0.730. The summed E-state index contributed by atoms with van der Waals surface area (Å²) >= 11 is 0. The molecule has 1 aliphatic rings. The van der Waals surface area contributed by atoms with Gasteiger partial charge < -0.3 is 4.90 Å². The molecule has 1 aliphatic heterocycles. The Morgan fingerprint density at radius 1 is 1.40 bits per heavy atom. The lowest BCUT2D eigenvalue weighted by Gasteiger charge is -2.42. The van der Waals surface area contributed by atoms with Crippen molar-refractivity contribution in [3.8, 4) is 12.3 Å². The molecule has 0 aromatic rings. The highest BCUT2D eigenvalue weighted by Gasteiger charge is 2.38. The van der Waals surface area contributed by atoms with Gasteiger partial charge in [-0.15, -0.1) is 6.42 Å². The van der Waals surface area contributed by atoms with Gasteiger partial charge in [-0.2, -0.15) is 13.2 Å². The van der Waals surface area contributed by atoms with E-state index in [1.807, 2.05) is 11.9 Å². The fourth-order valence-corrected chi connectivity index (χ4v) is 1.96. The van der Waals surface area contributed by atoms with Crippen LogP contribution in [0.3, 0.4) is 0 Å². The Kier molecular flexibility index (Phi) is 3.63. The third-order valence-corrected chi connectivity index (χ3v) is 2.58. The van der Waals surface area contributed by atoms with Crippen LogP contribution >= 0.6 is 0 Å². The second-order valence-corrected chi connectivity index (χ2v) is 4.04. The number of likely N-dealkylation sites (N-methyl/N-ethyl adjacent to an activating group) is 1. The van der Waals surface area contributed by atoms with Crippen molar-refractivity contribution in [2.75, 3.05) is 26.7 Å². The minimum Gasteiger partial charge on any atom is -0.302 e. The van der Waals surface area contributed by atoms with Gasteiger partial charge in [0.1, 0.15) is 0 Å². The first-order valence-electron chi connectivity index (χ1n) is 4.80. The number of piperazine rings is 1. The predicted octanol–water partition coefficient (Wildman–Crippen LogP) is 1.19. The Morgan fingerprint density at radius 2 is 2.00 bits per heavy atom. The summed E-state index contributed by atoms with van der Waals surface area (Å²) in [5.41, 5.74) is 0. The van der Waals surface area contributed by atoms with E-state index < -0.39 is 18.8 Å². The van der Waals surface area contributed by atoms with Gasteiger partial charge in [-0.3, -0.25) is 4.90 Å². The fraction of sp³-hybridized carbons (Fsp3) is 0.800. The SMILES string of the molecule is C#C[C@@H]1CN(C)C[C@H](C)N1CC(F)(F)F. The summed E-state index contributed by atoms with van der Waals surface area (Å²) in [6.07, 6.45) is 1.07. The van der Waals surface area contributed by atoms with Crippen molar-refractivity contribution < 1.29 is 13.2 Å². The molecule has 15 heavy (non-hydrogen) atoms. The van der Waals surface area contributed by atoms with Crippen molar-refractivity contribution in [1.82, 2.24) is 9.80 Å². The number of hydrogen-bond acceptors (Lipinski definition) is 2. The van der Waals surface area contributed by atoms with Gasteiger partial charge in [0, 0.05) is 19.1 Å². The second kappa shape index (κ2) is 4.42. The summed E-state index contributed by atoms with van der Waals surface area (Å²) in [7, 11) is 1.87. The number of rotatable bonds is 1. The smallest absolute Gasteiger partial charge is 0.302 e. The molecule has 0 spiro atoms.